The van der Waals surface area contributed by atoms with Crippen LogP contribution in [0.1, 0.15) is 6.42 Å². The molecule has 3 rings (SSSR count). The van der Waals surface area contributed by atoms with E-state index < -0.39 is 41.4 Å². The number of carbonyl (C=O) groups is 4. The number of fused-ring (bicyclic) bond motifs is 1. The van der Waals surface area contributed by atoms with Gasteiger partial charge in [0.2, 0.25) is 11.1 Å². The van der Waals surface area contributed by atoms with Gasteiger partial charge in [0.05, 0.1) is 12.3 Å². The molecule has 2 aliphatic heterocycles. The van der Waals surface area contributed by atoms with Gasteiger partial charge in [-0.05, 0) is 16.0 Å². The van der Waals surface area contributed by atoms with Gasteiger partial charge in [-0.3, -0.25) is 19.3 Å². The molecule has 0 unspecified atom stereocenters. The third-order valence-corrected chi connectivity index (χ3v) is 6.76. The van der Waals surface area contributed by atoms with E-state index >= 15 is 0 Å². The van der Waals surface area contributed by atoms with Crippen molar-refractivity contribution in [1.29, 1.82) is 0 Å². The first-order valence-corrected chi connectivity index (χ1v) is 10.5. The van der Waals surface area contributed by atoms with Crippen molar-refractivity contribution in [2.24, 2.45) is 7.05 Å². The number of β-lactam (4-membered cyclic amide) rings is 1. The molecule has 2 N–H and O–H groups in total. The van der Waals surface area contributed by atoms with Crippen LogP contribution >= 0.6 is 35.1 Å². The highest BCUT2D eigenvalue weighted by Crippen LogP contribution is 2.41. The number of rotatable bonds is 8. The van der Waals surface area contributed by atoms with Gasteiger partial charge in [-0.2, -0.15) is 0 Å². The zero-order chi connectivity index (χ0) is 20.4. The largest absolute Gasteiger partial charge is 0.477 e. The van der Waals surface area contributed by atoms with E-state index in [2.05, 4.69) is 20.8 Å². The number of hydrogen-bond donors (Lipinski definition) is 2. The highest BCUT2D eigenvalue weighted by molar-refractivity contribution is 8.01. The Kier molecular flexibility index (Phi) is 6.25. The van der Waals surface area contributed by atoms with Crippen LogP contribution in [0.5, 0.6) is 0 Å². The fraction of sp³-hybridized carbons (Fsp3) is 0.500. The molecule has 150 valence electrons. The number of aliphatic carboxylic acids is 1. The maximum atomic E-state index is 12.5. The number of Topliss-reactive ketones (excluding diaryl/α,β-unsaturated/α-hetero) is 1. The maximum Gasteiger partial charge on any atom is 0.352 e. The minimum atomic E-state index is -1.22. The van der Waals surface area contributed by atoms with Crippen LogP contribution in [0.3, 0.4) is 0 Å². The normalized spacial score (nSPS) is 21.2. The van der Waals surface area contributed by atoms with E-state index in [1.165, 1.54) is 33.1 Å². The number of carbonyl (C=O) groups excluding carboxylic acids is 3. The minimum absolute atomic E-state index is 0.0845. The summed E-state index contributed by atoms with van der Waals surface area (Å²) in [5.41, 5.74) is 0.482. The maximum absolute atomic E-state index is 12.5. The number of aromatic nitrogens is 4. The van der Waals surface area contributed by atoms with Crippen molar-refractivity contribution in [3.8, 4) is 0 Å². The summed E-state index contributed by atoms with van der Waals surface area (Å²) in [6.45, 7) is 0. The van der Waals surface area contributed by atoms with Crippen LogP contribution in [0.25, 0.3) is 0 Å². The van der Waals surface area contributed by atoms with E-state index in [4.69, 9.17) is 11.6 Å². The first kappa shape index (κ1) is 20.6. The van der Waals surface area contributed by atoms with Crippen LogP contribution in [-0.2, 0) is 26.2 Å². The van der Waals surface area contributed by atoms with E-state index in [0.29, 0.717) is 22.2 Å². The van der Waals surface area contributed by atoms with Gasteiger partial charge in [0, 0.05) is 18.6 Å². The Bertz CT molecular complexity index is 874. The summed E-state index contributed by atoms with van der Waals surface area (Å²) in [6, 6.07) is -0.868. The van der Waals surface area contributed by atoms with Crippen molar-refractivity contribution in [2.45, 2.75) is 23.0 Å². The predicted octanol–water partition coefficient (Wildman–Crippen LogP) is -0.761. The fourth-order valence-corrected chi connectivity index (χ4v) is 5.17. The van der Waals surface area contributed by atoms with Crippen molar-refractivity contribution in [3.05, 3.63) is 11.3 Å². The van der Waals surface area contributed by atoms with Crippen molar-refractivity contribution >= 4 is 58.7 Å². The van der Waals surface area contributed by atoms with E-state index in [1.807, 2.05) is 0 Å². The second-order valence-corrected chi connectivity index (χ2v) is 8.25. The molecule has 2 amide bonds. The zero-order valence-electron chi connectivity index (χ0n) is 14.5. The lowest BCUT2D eigenvalue weighted by molar-refractivity contribution is -0.150. The molecule has 1 saturated heterocycles. The molecule has 0 bridgehead atoms. The molecule has 1 aromatic rings. The lowest BCUT2D eigenvalue weighted by Crippen LogP contribution is -2.70. The van der Waals surface area contributed by atoms with Crippen molar-refractivity contribution in [3.63, 3.8) is 0 Å². The third-order valence-electron chi connectivity index (χ3n) is 4.03. The monoisotopic (exact) mass is 446 g/mol. The van der Waals surface area contributed by atoms with Crippen LogP contribution < -0.4 is 5.32 Å². The average molecular weight is 447 g/mol. The molecule has 14 heteroatoms. The number of tetrazole rings is 1. The Labute approximate surface area is 172 Å². The first-order chi connectivity index (χ1) is 13.3. The SMILES string of the molecule is Cn1nnnc1SCC1=C(C(=O)O)N2C(=O)[C@@H](NC(=O)CC(=O)CCl)[C@@H]2SC1. The van der Waals surface area contributed by atoms with Crippen molar-refractivity contribution in [1.82, 2.24) is 30.4 Å². The van der Waals surface area contributed by atoms with Crippen LogP contribution in [0.2, 0.25) is 0 Å². The van der Waals surface area contributed by atoms with Gasteiger partial charge in [-0.25, -0.2) is 9.48 Å². The topological polar surface area (TPSA) is 147 Å². The van der Waals surface area contributed by atoms with Crippen molar-refractivity contribution in [2.75, 3.05) is 17.4 Å². The number of alkyl halides is 1. The van der Waals surface area contributed by atoms with Crippen LogP contribution in [0.4, 0.5) is 0 Å². The highest BCUT2D eigenvalue weighted by Gasteiger charge is 2.54. The number of aryl methyl sites for hydroxylation is 1. The molecular weight excluding hydrogens is 432 g/mol. The van der Waals surface area contributed by atoms with Crippen LogP contribution in [-0.4, -0.2) is 82.6 Å². The Morgan fingerprint density at radius 3 is 2.79 bits per heavy atom. The minimum Gasteiger partial charge on any atom is -0.477 e. The summed E-state index contributed by atoms with van der Waals surface area (Å²) in [4.78, 5) is 48.5. The number of carboxylic acids is 1. The summed E-state index contributed by atoms with van der Waals surface area (Å²) < 4.78 is 1.47. The number of carboxylic acid groups (broad SMARTS) is 1. The first-order valence-electron chi connectivity index (χ1n) is 7.95. The van der Waals surface area contributed by atoms with Crippen LogP contribution in [0.15, 0.2) is 16.4 Å². The number of thioether (sulfide) groups is 2. The smallest absolute Gasteiger partial charge is 0.352 e. The molecule has 11 nitrogen and oxygen atoms in total. The molecule has 0 spiro atoms. The molecule has 1 fully saturated rings. The van der Waals surface area contributed by atoms with E-state index in [1.54, 1.807) is 7.05 Å². The molecule has 0 aromatic carbocycles. The molecule has 0 saturated carbocycles. The molecule has 0 aliphatic carbocycles. The molecule has 28 heavy (non-hydrogen) atoms. The van der Waals surface area contributed by atoms with E-state index in [9.17, 15) is 24.3 Å². The number of amides is 2. The fourth-order valence-electron chi connectivity index (χ4n) is 2.74. The highest BCUT2D eigenvalue weighted by atomic mass is 35.5. The quantitative estimate of drug-likeness (QED) is 0.226. The van der Waals surface area contributed by atoms with Gasteiger partial charge in [-0.15, -0.1) is 28.5 Å². The summed E-state index contributed by atoms with van der Waals surface area (Å²) >= 11 is 7.98. The van der Waals surface area contributed by atoms with Gasteiger partial charge in [0.15, 0.2) is 5.78 Å². The zero-order valence-corrected chi connectivity index (χ0v) is 16.9. The molecule has 0 radical (unpaired) electrons. The molecular formula is C14H15ClN6O5S2. The van der Waals surface area contributed by atoms with Gasteiger partial charge < -0.3 is 10.4 Å². The Hall–Kier alpha value is -2.12. The molecule has 1 aromatic heterocycles. The lowest BCUT2D eigenvalue weighted by atomic mass is 10.0. The summed E-state index contributed by atoms with van der Waals surface area (Å²) in [5.74, 6) is -2.41. The third kappa shape index (κ3) is 4.00. The summed E-state index contributed by atoms with van der Waals surface area (Å²) in [5, 5.41) is 23.2. The van der Waals surface area contributed by atoms with Crippen molar-refractivity contribution < 1.29 is 24.3 Å². The Morgan fingerprint density at radius 2 is 2.18 bits per heavy atom. The number of ketones is 1. The average Bonchev–Trinajstić information content (AvgIpc) is 3.08. The van der Waals surface area contributed by atoms with E-state index in [-0.39, 0.29) is 11.6 Å². The number of nitrogens with zero attached hydrogens (tertiary/aromatic N) is 5. The summed E-state index contributed by atoms with van der Waals surface area (Å²) in [6.07, 6.45) is -0.417. The summed E-state index contributed by atoms with van der Waals surface area (Å²) in [7, 11) is 1.67. The van der Waals surface area contributed by atoms with Gasteiger partial charge in [0.1, 0.15) is 17.1 Å². The molecule has 3 heterocycles. The van der Waals surface area contributed by atoms with Gasteiger partial charge in [-0.1, -0.05) is 11.8 Å². The second kappa shape index (κ2) is 8.49. The molecule has 2 atom stereocenters. The van der Waals surface area contributed by atoms with Crippen LogP contribution in [0, 0.1) is 0 Å². The predicted molar refractivity (Wildman–Crippen MR) is 99.6 cm³/mol. The lowest BCUT2D eigenvalue weighted by Gasteiger charge is -2.49. The molecule has 2 aliphatic rings. The standard InChI is InChI=1S/C14H15ClN6O5S2/c1-20-14(17-18-19-20)28-5-6-4-27-12-9(16-8(23)2-7(22)3-15)11(24)21(12)10(6)13(25)26/h9,12H,2-5H2,1H3,(H,16,23)(H,25,26)/t9-,12+/m1/s1. The number of hydrogen-bond acceptors (Lipinski definition) is 9. The Morgan fingerprint density at radius 1 is 1.43 bits per heavy atom. The van der Waals surface area contributed by atoms with E-state index in [0.717, 1.165) is 0 Å². The Balaban J connectivity index is 1.71. The van der Waals surface area contributed by atoms with Gasteiger partial charge in [0.25, 0.3) is 5.91 Å². The number of halogens is 1. The van der Waals surface area contributed by atoms with Gasteiger partial charge >= 0.3 is 5.97 Å². The second-order valence-electron chi connectivity index (χ2n) is 5.94. The number of nitrogens with one attached hydrogen (secondary N) is 1.